The second-order valence-electron chi connectivity index (χ2n) is 12.8. The number of hydrogen-bond acceptors (Lipinski definition) is 3. The van der Waals surface area contributed by atoms with Crippen LogP contribution in [0.4, 0.5) is 0 Å². The Bertz CT molecular complexity index is 2430. The molecule has 4 nitrogen and oxygen atoms in total. The van der Waals surface area contributed by atoms with Crippen LogP contribution in [0.25, 0.3) is 61.6 Å². The fraction of sp³-hybridized carbons (Fsp3) is 0.0667. The molecule has 2 aromatic heterocycles. The lowest BCUT2D eigenvalue weighted by atomic mass is 9.75. The molecule has 236 valence electrons. The Morgan fingerprint density at radius 2 is 1.18 bits per heavy atom. The topological polar surface area (TPSA) is 50.9 Å². The van der Waals surface area contributed by atoms with Crippen LogP contribution in [0.1, 0.15) is 25.0 Å². The number of aromatic hydroxyl groups is 1. The quantitative estimate of drug-likeness (QED) is 0.190. The first-order chi connectivity index (χ1) is 24.0. The predicted octanol–water partition coefficient (Wildman–Crippen LogP) is 11.1. The van der Waals surface area contributed by atoms with E-state index in [2.05, 4.69) is 140 Å². The van der Waals surface area contributed by atoms with Crippen LogP contribution in [-0.4, -0.2) is 19.6 Å². The first kappa shape index (κ1) is 30.1. The molecular formula is C45H35N3O. The van der Waals surface area contributed by atoms with E-state index in [1.807, 2.05) is 42.6 Å². The highest BCUT2D eigenvalue weighted by atomic mass is 16.3. The number of hydrogen-bond donors (Lipinski definition) is 1. The van der Waals surface area contributed by atoms with Gasteiger partial charge in [0.1, 0.15) is 11.6 Å². The average Bonchev–Trinajstić information content (AvgIpc) is 3.55. The van der Waals surface area contributed by atoms with Crippen molar-refractivity contribution >= 4 is 11.0 Å². The summed E-state index contributed by atoms with van der Waals surface area (Å²) in [5.41, 5.74) is 12.2. The van der Waals surface area contributed by atoms with Crippen LogP contribution in [0.3, 0.4) is 0 Å². The summed E-state index contributed by atoms with van der Waals surface area (Å²) in [5.74, 6) is 0.882. The van der Waals surface area contributed by atoms with Crippen molar-refractivity contribution in [3.8, 4) is 56.3 Å². The van der Waals surface area contributed by atoms with Gasteiger partial charge in [-0.05, 0) is 76.3 Å². The zero-order valence-corrected chi connectivity index (χ0v) is 27.5. The number of para-hydroxylation sites is 3. The van der Waals surface area contributed by atoms with Gasteiger partial charge in [-0.1, -0.05) is 129 Å². The Balaban J connectivity index is 1.23. The average molecular weight is 634 g/mol. The number of rotatable bonds is 7. The van der Waals surface area contributed by atoms with Gasteiger partial charge in [0, 0.05) is 28.4 Å². The van der Waals surface area contributed by atoms with Gasteiger partial charge in [0.25, 0.3) is 0 Å². The molecule has 2 heterocycles. The Morgan fingerprint density at radius 3 is 1.98 bits per heavy atom. The standard InChI is InChI=1S/C45H35N3O/c1-45(2,34-17-5-3-6-18-34)39-24-11-9-21-36(39)32-27-28-46-40(30-32)33-16-13-15-31(29-33)37-23-14-25-41-43(37)47-44(38-22-10-12-26-42(38)49)48(41)35-19-7-4-8-20-35/h3-30,49H,1-2H3. The molecule has 8 aromatic rings. The zero-order chi connectivity index (χ0) is 33.4. The molecule has 0 aliphatic carbocycles. The van der Waals surface area contributed by atoms with Gasteiger partial charge in [-0.3, -0.25) is 9.55 Å². The van der Waals surface area contributed by atoms with Crippen LogP contribution in [0.15, 0.2) is 170 Å². The van der Waals surface area contributed by atoms with E-state index in [0.717, 1.165) is 44.7 Å². The molecule has 0 aliphatic rings. The number of nitrogens with zero attached hydrogens (tertiary/aromatic N) is 3. The Kier molecular flexibility index (Phi) is 7.62. The fourth-order valence-electron chi connectivity index (χ4n) is 6.91. The number of imidazole rings is 1. The van der Waals surface area contributed by atoms with Gasteiger partial charge < -0.3 is 5.11 Å². The van der Waals surface area contributed by atoms with Crippen molar-refractivity contribution < 1.29 is 5.11 Å². The number of fused-ring (bicyclic) bond motifs is 1. The van der Waals surface area contributed by atoms with Gasteiger partial charge >= 0.3 is 0 Å². The number of phenolic OH excluding ortho intramolecular Hbond substituents is 1. The molecule has 0 radical (unpaired) electrons. The van der Waals surface area contributed by atoms with Crippen LogP contribution >= 0.6 is 0 Å². The lowest BCUT2D eigenvalue weighted by Crippen LogP contribution is -2.19. The molecule has 0 saturated carbocycles. The lowest BCUT2D eigenvalue weighted by Gasteiger charge is -2.29. The van der Waals surface area contributed by atoms with E-state index >= 15 is 0 Å². The highest BCUT2D eigenvalue weighted by Crippen LogP contribution is 2.40. The molecule has 0 amide bonds. The summed E-state index contributed by atoms with van der Waals surface area (Å²) in [6.45, 7) is 4.58. The van der Waals surface area contributed by atoms with Gasteiger partial charge in [-0.25, -0.2) is 4.98 Å². The highest BCUT2D eigenvalue weighted by Gasteiger charge is 2.26. The second kappa shape index (κ2) is 12.4. The van der Waals surface area contributed by atoms with Crippen LogP contribution in [0.5, 0.6) is 5.75 Å². The molecule has 0 saturated heterocycles. The molecule has 0 fully saturated rings. The first-order valence-electron chi connectivity index (χ1n) is 16.6. The van der Waals surface area contributed by atoms with Crippen LogP contribution in [0, 0.1) is 0 Å². The summed E-state index contributed by atoms with van der Waals surface area (Å²) in [4.78, 5) is 10.0. The molecule has 6 aromatic carbocycles. The van der Waals surface area contributed by atoms with Gasteiger partial charge in [0.2, 0.25) is 0 Å². The molecule has 8 rings (SSSR count). The minimum Gasteiger partial charge on any atom is -0.507 e. The smallest absolute Gasteiger partial charge is 0.149 e. The Morgan fingerprint density at radius 1 is 0.551 bits per heavy atom. The third-order valence-electron chi connectivity index (χ3n) is 9.48. The summed E-state index contributed by atoms with van der Waals surface area (Å²) >= 11 is 0. The van der Waals surface area contributed by atoms with E-state index in [4.69, 9.17) is 9.97 Å². The van der Waals surface area contributed by atoms with Crippen molar-refractivity contribution in [3.63, 3.8) is 0 Å². The first-order valence-corrected chi connectivity index (χ1v) is 16.6. The number of aromatic nitrogens is 3. The molecule has 49 heavy (non-hydrogen) atoms. The largest absolute Gasteiger partial charge is 0.507 e. The van der Waals surface area contributed by atoms with E-state index in [-0.39, 0.29) is 11.2 Å². The molecule has 0 spiro atoms. The van der Waals surface area contributed by atoms with Crippen molar-refractivity contribution in [2.24, 2.45) is 0 Å². The normalized spacial score (nSPS) is 11.6. The number of phenols is 1. The van der Waals surface area contributed by atoms with Gasteiger partial charge in [-0.15, -0.1) is 0 Å². The van der Waals surface area contributed by atoms with Crippen LogP contribution in [-0.2, 0) is 5.41 Å². The number of benzene rings is 6. The van der Waals surface area contributed by atoms with Crippen molar-refractivity contribution in [2.75, 3.05) is 0 Å². The summed E-state index contributed by atoms with van der Waals surface area (Å²) in [5, 5.41) is 10.9. The van der Waals surface area contributed by atoms with Crippen molar-refractivity contribution in [3.05, 3.63) is 181 Å². The summed E-state index contributed by atoms with van der Waals surface area (Å²) < 4.78 is 2.12. The monoisotopic (exact) mass is 633 g/mol. The molecule has 0 unspecified atom stereocenters. The van der Waals surface area contributed by atoms with E-state index in [0.29, 0.717) is 11.4 Å². The molecule has 1 N–H and O–H groups in total. The van der Waals surface area contributed by atoms with Gasteiger partial charge in [0.15, 0.2) is 0 Å². The van der Waals surface area contributed by atoms with Crippen LogP contribution < -0.4 is 0 Å². The van der Waals surface area contributed by atoms with Crippen molar-refractivity contribution in [1.29, 1.82) is 0 Å². The molecule has 0 aliphatic heterocycles. The van der Waals surface area contributed by atoms with E-state index < -0.39 is 0 Å². The maximum absolute atomic E-state index is 10.9. The Labute approximate surface area is 286 Å². The fourth-order valence-corrected chi connectivity index (χ4v) is 6.91. The van der Waals surface area contributed by atoms with Crippen LogP contribution in [0.2, 0.25) is 0 Å². The molecule has 4 heteroatoms. The molecule has 0 atom stereocenters. The maximum Gasteiger partial charge on any atom is 0.149 e. The zero-order valence-electron chi connectivity index (χ0n) is 27.5. The maximum atomic E-state index is 10.9. The second-order valence-corrected chi connectivity index (χ2v) is 12.8. The van der Waals surface area contributed by atoms with Crippen molar-refractivity contribution in [1.82, 2.24) is 14.5 Å². The minimum absolute atomic E-state index is 0.182. The molecule has 0 bridgehead atoms. The van der Waals surface area contributed by atoms with E-state index in [1.54, 1.807) is 6.07 Å². The minimum atomic E-state index is -0.182. The third-order valence-corrected chi connectivity index (χ3v) is 9.48. The van der Waals surface area contributed by atoms with E-state index in [9.17, 15) is 5.11 Å². The van der Waals surface area contributed by atoms with Crippen molar-refractivity contribution in [2.45, 2.75) is 19.3 Å². The lowest BCUT2D eigenvalue weighted by molar-refractivity contribution is 0.477. The van der Waals surface area contributed by atoms with Gasteiger partial charge in [0.05, 0.1) is 22.3 Å². The summed E-state index contributed by atoms with van der Waals surface area (Å²) in [7, 11) is 0. The summed E-state index contributed by atoms with van der Waals surface area (Å²) in [6, 6.07) is 56.0. The Hall–Kier alpha value is -6.26. The third kappa shape index (κ3) is 5.47. The number of pyridine rings is 1. The SMILES string of the molecule is CC(C)(c1ccccc1)c1ccccc1-c1ccnc(-c2cccc(-c3cccc4c3nc(-c3ccccc3O)n4-c3ccccc3)c2)c1. The van der Waals surface area contributed by atoms with E-state index in [1.165, 1.54) is 16.7 Å². The molecular weight excluding hydrogens is 599 g/mol. The highest BCUT2D eigenvalue weighted by molar-refractivity contribution is 5.96. The summed E-state index contributed by atoms with van der Waals surface area (Å²) in [6.07, 6.45) is 1.91. The van der Waals surface area contributed by atoms with Gasteiger partial charge in [-0.2, -0.15) is 0 Å². The predicted molar refractivity (Wildman–Crippen MR) is 201 cm³/mol.